The molecule has 0 aliphatic rings. The van der Waals surface area contributed by atoms with E-state index in [-0.39, 0.29) is 0 Å². The predicted molar refractivity (Wildman–Crippen MR) is 87.9 cm³/mol. The first-order valence-corrected chi connectivity index (χ1v) is 7.09. The lowest BCUT2D eigenvalue weighted by Crippen LogP contribution is -2.32. The van der Waals surface area contributed by atoms with E-state index in [0.29, 0.717) is 11.7 Å². The van der Waals surface area contributed by atoms with Gasteiger partial charge in [-0.1, -0.05) is 18.2 Å². The fourth-order valence-electron chi connectivity index (χ4n) is 2.49. The molecule has 0 aliphatic heterocycles. The van der Waals surface area contributed by atoms with Crippen molar-refractivity contribution in [1.82, 2.24) is 4.98 Å². The van der Waals surface area contributed by atoms with Crippen LogP contribution in [0.25, 0.3) is 0 Å². The van der Waals surface area contributed by atoms with E-state index in [1.54, 1.807) is 13.3 Å². The van der Waals surface area contributed by atoms with E-state index < -0.39 is 0 Å². The highest BCUT2D eigenvalue weighted by Crippen LogP contribution is 2.24. The van der Waals surface area contributed by atoms with Gasteiger partial charge in [0.05, 0.1) is 19.0 Å². The van der Waals surface area contributed by atoms with Gasteiger partial charge in [-0.25, -0.2) is 4.98 Å². The van der Waals surface area contributed by atoms with Gasteiger partial charge in [-0.05, 0) is 43.5 Å². The number of aryl methyl sites for hydroxylation is 1. The fourth-order valence-corrected chi connectivity index (χ4v) is 2.49. The molecule has 4 nitrogen and oxygen atoms in total. The van der Waals surface area contributed by atoms with E-state index in [1.807, 2.05) is 31.2 Å². The monoisotopic (exact) mass is 285 g/mol. The van der Waals surface area contributed by atoms with Crippen LogP contribution in [-0.2, 0) is 6.42 Å². The van der Waals surface area contributed by atoms with E-state index in [0.717, 1.165) is 23.6 Å². The number of hydrogen-bond donors (Lipinski definition) is 1. The maximum absolute atomic E-state index is 5.77. The number of methoxy groups -OCH3 is 1. The van der Waals surface area contributed by atoms with Gasteiger partial charge in [0.2, 0.25) is 0 Å². The Bertz CT molecular complexity index is 613. The average molecular weight is 285 g/mol. The van der Waals surface area contributed by atoms with Crippen LogP contribution in [0, 0.1) is 6.92 Å². The molecule has 4 heteroatoms. The van der Waals surface area contributed by atoms with Gasteiger partial charge in [-0.2, -0.15) is 0 Å². The molecule has 21 heavy (non-hydrogen) atoms. The third-order valence-corrected chi connectivity index (χ3v) is 3.77. The Morgan fingerprint density at radius 1 is 1.33 bits per heavy atom. The molecule has 0 fully saturated rings. The van der Waals surface area contributed by atoms with Crippen LogP contribution in [0.4, 0.5) is 11.5 Å². The zero-order valence-corrected chi connectivity index (χ0v) is 13.1. The largest absolute Gasteiger partial charge is 0.496 e. The highest BCUT2D eigenvalue weighted by Gasteiger charge is 2.15. The Morgan fingerprint density at radius 2 is 2.05 bits per heavy atom. The lowest BCUT2D eigenvalue weighted by Gasteiger charge is -2.28. The normalized spacial score (nSPS) is 12.0. The van der Waals surface area contributed by atoms with Gasteiger partial charge in [0, 0.05) is 13.1 Å². The lowest BCUT2D eigenvalue weighted by molar-refractivity contribution is 0.408. The summed E-state index contributed by atoms with van der Waals surface area (Å²) < 4.78 is 5.42. The number of hydrogen-bond acceptors (Lipinski definition) is 4. The molecule has 0 saturated heterocycles. The van der Waals surface area contributed by atoms with Crippen molar-refractivity contribution in [2.24, 2.45) is 0 Å². The summed E-state index contributed by atoms with van der Waals surface area (Å²) in [5.41, 5.74) is 8.75. The number of ether oxygens (including phenoxy) is 1. The maximum atomic E-state index is 5.77. The minimum atomic E-state index is 0.302. The van der Waals surface area contributed by atoms with Crippen LogP contribution in [0.3, 0.4) is 0 Å². The second kappa shape index (κ2) is 6.48. The number of nitrogen functional groups attached to an aromatic ring is 1. The Balaban J connectivity index is 2.17. The molecule has 0 spiro atoms. The molecular weight excluding hydrogens is 262 g/mol. The summed E-state index contributed by atoms with van der Waals surface area (Å²) in [6, 6.07) is 10.4. The van der Waals surface area contributed by atoms with Gasteiger partial charge < -0.3 is 15.4 Å². The molecule has 1 aromatic carbocycles. The van der Waals surface area contributed by atoms with Crippen molar-refractivity contribution in [3.63, 3.8) is 0 Å². The summed E-state index contributed by atoms with van der Waals surface area (Å²) in [5, 5.41) is 0. The van der Waals surface area contributed by atoms with Crippen molar-refractivity contribution < 1.29 is 4.74 Å². The van der Waals surface area contributed by atoms with Crippen LogP contribution in [0.2, 0.25) is 0 Å². The van der Waals surface area contributed by atoms with E-state index in [1.165, 1.54) is 5.56 Å². The Morgan fingerprint density at radius 3 is 2.71 bits per heavy atom. The van der Waals surface area contributed by atoms with E-state index in [4.69, 9.17) is 10.5 Å². The number of rotatable bonds is 5. The van der Waals surface area contributed by atoms with E-state index in [9.17, 15) is 0 Å². The number of para-hydroxylation sites is 1. The van der Waals surface area contributed by atoms with Crippen molar-refractivity contribution in [2.45, 2.75) is 26.3 Å². The van der Waals surface area contributed by atoms with Gasteiger partial charge in [0.1, 0.15) is 11.6 Å². The highest BCUT2D eigenvalue weighted by atomic mass is 16.5. The topological polar surface area (TPSA) is 51.4 Å². The minimum Gasteiger partial charge on any atom is -0.496 e. The number of anilines is 2. The summed E-state index contributed by atoms with van der Waals surface area (Å²) in [6.07, 6.45) is 2.60. The summed E-state index contributed by atoms with van der Waals surface area (Å²) in [5.74, 6) is 1.89. The quantitative estimate of drug-likeness (QED) is 0.917. The Kier molecular flexibility index (Phi) is 4.68. The molecule has 2 aromatic rings. The number of aromatic nitrogens is 1. The first-order valence-electron chi connectivity index (χ1n) is 7.09. The van der Waals surface area contributed by atoms with E-state index >= 15 is 0 Å². The predicted octanol–water partition coefficient (Wildman–Crippen LogP) is 3.05. The molecule has 1 atom stereocenters. The molecule has 0 bridgehead atoms. The Hall–Kier alpha value is -2.23. The van der Waals surface area contributed by atoms with Gasteiger partial charge in [0.15, 0.2) is 0 Å². The molecule has 0 aliphatic carbocycles. The van der Waals surface area contributed by atoms with Crippen molar-refractivity contribution >= 4 is 11.5 Å². The first-order chi connectivity index (χ1) is 10.0. The van der Waals surface area contributed by atoms with Gasteiger partial charge in [-0.3, -0.25) is 0 Å². The summed E-state index contributed by atoms with van der Waals surface area (Å²) in [4.78, 5) is 6.63. The van der Waals surface area contributed by atoms with Crippen LogP contribution >= 0.6 is 0 Å². The smallest absolute Gasteiger partial charge is 0.131 e. The van der Waals surface area contributed by atoms with Crippen molar-refractivity contribution in [1.29, 1.82) is 0 Å². The van der Waals surface area contributed by atoms with Gasteiger partial charge in [0.25, 0.3) is 0 Å². The standard InChI is InChI=1S/C17H23N3O/c1-12-9-15(18)11-19-17(12)20(3)13(2)10-14-7-5-6-8-16(14)21-4/h5-9,11,13H,10,18H2,1-4H3. The summed E-state index contributed by atoms with van der Waals surface area (Å²) >= 11 is 0. The number of nitrogens with two attached hydrogens (primary N) is 1. The van der Waals surface area contributed by atoms with E-state index in [2.05, 4.69) is 29.9 Å². The number of likely N-dealkylation sites (N-methyl/N-ethyl adjacent to an activating group) is 1. The third kappa shape index (κ3) is 3.45. The molecule has 112 valence electrons. The Labute approximate surface area is 126 Å². The molecular formula is C17H23N3O. The molecule has 0 radical (unpaired) electrons. The van der Waals surface area contributed by atoms with Gasteiger partial charge in [-0.15, -0.1) is 0 Å². The third-order valence-electron chi connectivity index (χ3n) is 3.77. The minimum absolute atomic E-state index is 0.302. The van der Waals surface area contributed by atoms with Crippen molar-refractivity contribution in [3.8, 4) is 5.75 Å². The van der Waals surface area contributed by atoms with Crippen LogP contribution < -0.4 is 15.4 Å². The molecule has 2 rings (SSSR count). The molecule has 0 saturated carbocycles. The van der Waals surface area contributed by atoms with Crippen LogP contribution in [-0.4, -0.2) is 25.2 Å². The zero-order chi connectivity index (χ0) is 15.4. The molecule has 0 amide bonds. The number of nitrogens with zero attached hydrogens (tertiary/aromatic N) is 2. The van der Waals surface area contributed by atoms with Crippen LogP contribution in [0.15, 0.2) is 36.5 Å². The van der Waals surface area contributed by atoms with Crippen LogP contribution in [0.1, 0.15) is 18.1 Å². The summed E-state index contributed by atoms with van der Waals surface area (Å²) in [7, 11) is 3.77. The second-order valence-corrected chi connectivity index (χ2v) is 5.39. The molecule has 1 unspecified atom stereocenters. The van der Waals surface area contributed by atoms with Crippen LogP contribution in [0.5, 0.6) is 5.75 Å². The highest BCUT2D eigenvalue weighted by molar-refractivity contribution is 5.53. The number of pyridine rings is 1. The first kappa shape index (κ1) is 15.2. The molecule has 2 N–H and O–H groups in total. The van der Waals surface area contributed by atoms with Gasteiger partial charge >= 0.3 is 0 Å². The molecule has 1 heterocycles. The molecule has 1 aromatic heterocycles. The van der Waals surface area contributed by atoms with Crippen molar-refractivity contribution in [2.75, 3.05) is 24.8 Å². The average Bonchev–Trinajstić information content (AvgIpc) is 2.47. The van der Waals surface area contributed by atoms with Crippen molar-refractivity contribution in [3.05, 3.63) is 47.7 Å². The lowest BCUT2D eigenvalue weighted by atomic mass is 10.0. The summed E-state index contributed by atoms with van der Waals surface area (Å²) in [6.45, 7) is 4.22. The second-order valence-electron chi connectivity index (χ2n) is 5.39. The number of benzene rings is 1. The SMILES string of the molecule is COc1ccccc1CC(C)N(C)c1ncc(N)cc1C. The zero-order valence-electron chi connectivity index (χ0n) is 13.1. The fraction of sp³-hybridized carbons (Fsp3) is 0.353. The maximum Gasteiger partial charge on any atom is 0.131 e.